The van der Waals surface area contributed by atoms with Crippen LogP contribution in [0.2, 0.25) is 0 Å². The van der Waals surface area contributed by atoms with Crippen LogP contribution in [0.4, 0.5) is 13.2 Å². The number of fused-ring (bicyclic) bond motifs is 1. The number of amides is 1. The van der Waals surface area contributed by atoms with Crippen LogP contribution < -0.4 is 0 Å². The number of carbonyl (C=O) groups is 1. The smallest absolute Gasteiger partial charge is 0.336 e. The normalized spacial score (nSPS) is 17.4. The van der Waals surface area contributed by atoms with Gasteiger partial charge in [0.05, 0.1) is 11.6 Å². The molecule has 2 aromatic heterocycles. The minimum atomic E-state index is -4.41. The summed E-state index contributed by atoms with van der Waals surface area (Å²) in [4.78, 5) is 23.5. The number of carbonyl (C=O) groups excluding carboxylic acids is 1. The number of imidazole rings is 1. The van der Waals surface area contributed by atoms with E-state index < -0.39 is 11.7 Å². The first-order valence-corrected chi connectivity index (χ1v) is 9.17. The van der Waals surface area contributed by atoms with Crippen molar-refractivity contribution in [2.75, 3.05) is 13.1 Å². The summed E-state index contributed by atoms with van der Waals surface area (Å²) in [6, 6.07) is 8.18. The highest BCUT2D eigenvalue weighted by molar-refractivity contribution is 5.94. The molecule has 3 heterocycles. The summed E-state index contributed by atoms with van der Waals surface area (Å²) in [6.45, 7) is 3.05. The number of aryl methyl sites for hydroxylation is 1. The summed E-state index contributed by atoms with van der Waals surface area (Å²) >= 11 is 0. The van der Waals surface area contributed by atoms with Crippen LogP contribution in [-0.4, -0.2) is 38.4 Å². The van der Waals surface area contributed by atoms with Crippen molar-refractivity contribution in [1.82, 2.24) is 19.4 Å². The summed E-state index contributed by atoms with van der Waals surface area (Å²) in [5.41, 5.74) is 1.13. The van der Waals surface area contributed by atoms with E-state index in [2.05, 4.69) is 14.5 Å². The first kappa shape index (κ1) is 18.5. The molecular weight excluding hydrogens is 369 g/mol. The second-order valence-corrected chi connectivity index (χ2v) is 6.87. The van der Waals surface area contributed by atoms with Crippen LogP contribution in [0.5, 0.6) is 0 Å². The minimum Gasteiger partial charge on any atom is -0.336 e. The molecule has 0 spiro atoms. The molecule has 1 aliphatic heterocycles. The average Bonchev–Trinajstić information content (AvgIpc) is 3.30. The third-order valence-corrected chi connectivity index (χ3v) is 5.11. The SMILES string of the molecule is CCc1nc2cccnc2n1[C@H]1CCN(C(=O)c2ccc(C(F)(F)F)cc2)C1. The molecule has 5 nitrogen and oxygen atoms in total. The van der Waals surface area contributed by atoms with E-state index in [1.165, 1.54) is 12.1 Å². The van der Waals surface area contributed by atoms with Gasteiger partial charge in [-0.25, -0.2) is 9.97 Å². The van der Waals surface area contributed by atoms with Crippen LogP contribution >= 0.6 is 0 Å². The van der Waals surface area contributed by atoms with E-state index in [1.807, 2.05) is 19.1 Å². The van der Waals surface area contributed by atoms with Crippen molar-refractivity contribution in [1.29, 1.82) is 0 Å². The Hall–Kier alpha value is -2.90. The molecule has 0 saturated carbocycles. The first-order valence-electron chi connectivity index (χ1n) is 9.17. The molecule has 1 atom stereocenters. The van der Waals surface area contributed by atoms with Gasteiger partial charge in [0.15, 0.2) is 5.65 Å². The maximum absolute atomic E-state index is 12.7. The fourth-order valence-electron chi connectivity index (χ4n) is 3.73. The van der Waals surface area contributed by atoms with E-state index in [9.17, 15) is 18.0 Å². The standard InChI is InChI=1S/C20H19F3N4O/c1-2-17-25-16-4-3-10-24-18(16)27(17)15-9-11-26(12-15)19(28)13-5-7-14(8-6-13)20(21,22)23/h3-8,10,15H,2,9,11-12H2,1H3/t15-/m0/s1. The lowest BCUT2D eigenvalue weighted by Gasteiger charge is -2.19. The van der Waals surface area contributed by atoms with Crippen LogP contribution in [0.15, 0.2) is 42.6 Å². The highest BCUT2D eigenvalue weighted by Gasteiger charge is 2.32. The van der Waals surface area contributed by atoms with Gasteiger partial charge in [0.1, 0.15) is 11.3 Å². The van der Waals surface area contributed by atoms with Crippen LogP contribution in [-0.2, 0) is 12.6 Å². The van der Waals surface area contributed by atoms with Crippen molar-refractivity contribution in [2.45, 2.75) is 32.0 Å². The van der Waals surface area contributed by atoms with Crippen LogP contribution in [0.3, 0.4) is 0 Å². The van der Waals surface area contributed by atoms with Gasteiger partial charge in [0, 0.05) is 31.3 Å². The van der Waals surface area contributed by atoms with Gasteiger partial charge >= 0.3 is 6.18 Å². The molecule has 146 valence electrons. The molecule has 28 heavy (non-hydrogen) atoms. The predicted molar refractivity (Wildman–Crippen MR) is 97.9 cm³/mol. The number of benzene rings is 1. The van der Waals surface area contributed by atoms with E-state index in [1.54, 1.807) is 11.1 Å². The lowest BCUT2D eigenvalue weighted by molar-refractivity contribution is -0.137. The minimum absolute atomic E-state index is 0.0493. The van der Waals surface area contributed by atoms with Gasteiger partial charge in [0.2, 0.25) is 0 Å². The van der Waals surface area contributed by atoms with Crippen molar-refractivity contribution in [2.24, 2.45) is 0 Å². The van der Waals surface area contributed by atoms with Crippen molar-refractivity contribution in [3.05, 3.63) is 59.5 Å². The van der Waals surface area contributed by atoms with Crippen LogP contribution in [0, 0.1) is 0 Å². The van der Waals surface area contributed by atoms with E-state index in [0.29, 0.717) is 13.1 Å². The number of hydrogen-bond donors (Lipinski definition) is 0. The van der Waals surface area contributed by atoms with Gasteiger partial charge in [-0.3, -0.25) is 4.79 Å². The summed E-state index contributed by atoms with van der Waals surface area (Å²) in [5, 5.41) is 0. The number of pyridine rings is 1. The molecule has 0 bridgehead atoms. The number of nitrogens with zero attached hydrogens (tertiary/aromatic N) is 4. The number of hydrogen-bond acceptors (Lipinski definition) is 3. The third kappa shape index (κ3) is 3.23. The number of alkyl halides is 3. The van der Waals surface area contributed by atoms with E-state index in [0.717, 1.165) is 42.0 Å². The fraction of sp³-hybridized carbons (Fsp3) is 0.350. The Morgan fingerprint density at radius 1 is 1.21 bits per heavy atom. The van der Waals surface area contributed by atoms with E-state index in [-0.39, 0.29) is 17.5 Å². The zero-order chi connectivity index (χ0) is 19.9. The Balaban J connectivity index is 1.55. The Kier molecular flexibility index (Phi) is 4.56. The molecule has 1 saturated heterocycles. The Morgan fingerprint density at radius 2 is 1.96 bits per heavy atom. The number of aromatic nitrogens is 3. The molecule has 8 heteroatoms. The maximum atomic E-state index is 12.7. The maximum Gasteiger partial charge on any atom is 0.416 e. The van der Waals surface area contributed by atoms with Crippen molar-refractivity contribution in [3.8, 4) is 0 Å². The summed E-state index contributed by atoms with van der Waals surface area (Å²) < 4.78 is 40.2. The quantitative estimate of drug-likeness (QED) is 0.679. The van der Waals surface area contributed by atoms with Crippen LogP contribution in [0.1, 0.15) is 41.1 Å². The molecule has 0 unspecified atom stereocenters. The van der Waals surface area contributed by atoms with Crippen molar-refractivity contribution < 1.29 is 18.0 Å². The number of rotatable bonds is 3. The highest BCUT2D eigenvalue weighted by Crippen LogP contribution is 2.31. The zero-order valence-corrected chi connectivity index (χ0v) is 15.3. The predicted octanol–water partition coefficient (Wildman–Crippen LogP) is 4.10. The average molecular weight is 388 g/mol. The molecule has 0 aliphatic carbocycles. The molecule has 3 aromatic rings. The molecule has 1 fully saturated rings. The van der Waals surface area contributed by atoms with Crippen molar-refractivity contribution >= 4 is 17.1 Å². The highest BCUT2D eigenvalue weighted by atomic mass is 19.4. The monoisotopic (exact) mass is 388 g/mol. The van der Waals surface area contributed by atoms with Gasteiger partial charge in [0.25, 0.3) is 5.91 Å². The third-order valence-electron chi connectivity index (χ3n) is 5.11. The molecule has 0 N–H and O–H groups in total. The lowest BCUT2D eigenvalue weighted by atomic mass is 10.1. The van der Waals surface area contributed by atoms with E-state index in [4.69, 9.17) is 0 Å². The second-order valence-electron chi connectivity index (χ2n) is 6.87. The zero-order valence-electron chi connectivity index (χ0n) is 15.3. The summed E-state index contributed by atoms with van der Waals surface area (Å²) in [6.07, 6.45) is -1.19. The molecular formula is C20H19F3N4O. The summed E-state index contributed by atoms with van der Waals surface area (Å²) in [7, 11) is 0. The summed E-state index contributed by atoms with van der Waals surface area (Å²) in [5.74, 6) is 0.661. The topological polar surface area (TPSA) is 51.0 Å². The molecule has 1 aliphatic rings. The van der Waals surface area contributed by atoms with Crippen LogP contribution in [0.25, 0.3) is 11.2 Å². The van der Waals surface area contributed by atoms with Gasteiger partial charge in [-0.1, -0.05) is 6.92 Å². The van der Waals surface area contributed by atoms with Gasteiger partial charge in [-0.15, -0.1) is 0 Å². The van der Waals surface area contributed by atoms with E-state index >= 15 is 0 Å². The fourth-order valence-corrected chi connectivity index (χ4v) is 3.73. The number of likely N-dealkylation sites (tertiary alicyclic amines) is 1. The Bertz CT molecular complexity index is 1010. The molecule has 0 radical (unpaired) electrons. The van der Waals surface area contributed by atoms with Gasteiger partial charge < -0.3 is 9.47 Å². The van der Waals surface area contributed by atoms with Gasteiger partial charge in [-0.2, -0.15) is 13.2 Å². The lowest BCUT2D eigenvalue weighted by Crippen LogP contribution is -2.29. The Labute approximate surface area is 159 Å². The van der Waals surface area contributed by atoms with Crippen molar-refractivity contribution in [3.63, 3.8) is 0 Å². The molecule has 1 aromatic carbocycles. The molecule has 4 rings (SSSR count). The number of halogens is 3. The Morgan fingerprint density at radius 3 is 2.64 bits per heavy atom. The second kappa shape index (κ2) is 6.92. The van der Waals surface area contributed by atoms with Gasteiger partial charge in [-0.05, 0) is 42.8 Å². The molecule has 1 amide bonds. The largest absolute Gasteiger partial charge is 0.416 e. The first-order chi connectivity index (χ1) is 13.4.